The SMILES string of the molecule is C=CN=C(C)C(/C(C)=C\C)=C(\C)N1CCN(C(=O)OC(C)(C)C)C(C)C1. The molecule has 0 spiro atoms. The van der Waals surface area contributed by atoms with Gasteiger partial charge in [-0.05, 0) is 61.0 Å². The topological polar surface area (TPSA) is 45.1 Å². The van der Waals surface area contributed by atoms with Crippen molar-refractivity contribution in [2.24, 2.45) is 4.99 Å². The van der Waals surface area contributed by atoms with E-state index in [0.717, 1.165) is 24.4 Å². The fourth-order valence-electron chi connectivity index (χ4n) is 3.19. The first-order valence-electron chi connectivity index (χ1n) is 9.26. The molecule has 1 fully saturated rings. The lowest BCUT2D eigenvalue weighted by Gasteiger charge is -2.42. The van der Waals surface area contributed by atoms with Gasteiger partial charge < -0.3 is 14.5 Å². The van der Waals surface area contributed by atoms with E-state index >= 15 is 0 Å². The van der Waals surface area contributed by atoms with E-state index in [1.54, 1.807) is 6.20 Å². The molecule has 0 aromatic rings. The Kier molecular flexibility index (Phi) is 7.67. The van der Waals surface area contributed by atoms with E-state index in [1.807, 2.05) is 39.5 Å². The maximum atomic E-state index is 12.4. The molecule has 0 saturated carbocycles. The molecule has 0 bridgehead atoms. The van der Waals surface area contributed by atoms with Crippen LogP contribution in [0, 0.1) is 0 Å². The summed E-state index contributed by atoms with van der Waals surface area (Å²) in [5.74, 6) is 0. The fourth-order valence-corrected chi connectivity index (χ4v) is 3.19. The number of allylic oxidation sites excluding steroid dienone is 4. The quantitative estimate of drug-likeness (QED) is 0.535. The molecule has 0 radical (unpaired) electrons. The third kappa shape index (κ3) is 5.75. The van der Waals surface area contributed by atoms with Gasteiger partial charge in [-0.15, -0.1) is 0 Å². The standard InChI is InChI=1S/C21H35N3O2/c1-10-15(3)19(17(5)22-11-2)18(6)23-12-13-24(16(4)14-23)20(25)26-21(7,8)9/h10-11,16H,2,12-14H2,1,3-9H3/b15-10-,19-18+,22-17?. The number of carbonyl (C=O) groups excluding carboxylic acids is 1. The van der Waals surface area contributed by atoms with Crippen molar-refractivity contribution in [1.29, 1.82) is 0 Å². The van der Waals surface area contributed by atoms with E-state index in [4.69, 9.17) is 4.74 Å². The average molecular weight is 362 g/mol. The summed E-state index contributed by atoms with van der Waals surface area (Å²) in [6.45, 7) is 21.9. The summed E-state index contributed by atoms with van der Waals surface area (Å²) in [6.07, 6.45) is 3.44. The van der Waals surface area contributed by atoms with Crippen LogP contribution in [0.2, 0.25) is 0 Å². The molecule has 5 nitrogen and oxygen atoms in total. The first-order valence-corrected chi connectivity index (χ1v) is 9.26. The number of aliphatic imine (C=N–C) groups is 1. The zero-order valence-corrected chi connectivity index (χ0v) is 17.7. The second-order valence-electron chi connectivity index (χ2n) is 7.80. The van der Waals surface area contributed by atoms with Crippen LogP contribution in [0.1, 0.15) is 55.4 Å². The highest BCUT2D eigenvalue weighted by atomic mass is 16.6. The van der Waals surface area contributed by atoms with Gasteiger partial charge in [-0.25, -0.2) is 4.79 Å². The Balaban J connectivity index is 3.03. The van der Waals surface area contributed by atoms with Crippen molar-refractivity contribution >= 4 is 11.8 Å². The molecule has 146 valence electrons. The first kappa shape index (κ1) is 22.0. The van der Waals surface area contributed by atoms with Gasteiger partial charge in [0.25, 0.3) is 0 Å². The predicted octanol–water partition coefficient (Wildman–Crippen LogP) is 4.77. The predicted molar refractivity (Wildman–Crippen MR) is 109 cm³/mol. The summed E-state index contributed by atoms with van der Waals surface area (Å²) in [6, 6.07) is 0.0809. The van der Waals surface area contributed by atoms with Crippen molar-refractivity contribution in [3.63, 3.8) is 0 Å². The Hall–Kier alpha value is -2.04. The third-order valence-corrected chi connectivity index (χ3v) is 4.57. The highest BCUT2D eigenvalue weighted by Gasteiger charge is 2.31. The number of nitrogens with zero attached hydrogens (tertiary/aromatic N) is 3. The molecule has 0 aliphatic carbocycles. The van der Waals surface area contributed by atoms with Crippen molar-refractivity contribution in [1.82, 2.24) is 9.80 Å². The Morgan fingerprint density at radius 1 is 1.23 bits per heavy atom. The third-order valence-electron chi connectivity index (χ3n) is 4.57. The minimum Gasteiger partial charge on any atom is -0.444 e. The number of ether oxygens (including phenoxy) is 1. The normalized spacial score (nSPS) is 20.7. The van der Waals surface area contributed by atoms with Gasteiger partial charge in [0.2, 0.25) is 0 Å². The highest BCUT2D eigenvalue weighted by molar-refractivity contribution is 6.02. The second kappa shape index (κ2) is 9.06. The van der Waals surface area contributed by atoms with Crippen LogP contribution in [0.15, 0.2) is 40.7 Å². The molecule has 1 aliphatic heterocycles. The van der Waals surface area contributed by atoms with E-state index in [9.17, 15) is 4.79 Å². The molecule has 1 aliphatic rings. The number of rotatable bonds is 4. The summed E-state index contributed by atoms with van der Waals surface area (Å²) in [5.41, 5.74) is 3.99. The van der Waals surface area contributed by atoms with Gasteiger partial charge in [-0.2, -0.15) is 0 Å². The van der Waals surface area contributed by atoms with Crippen LogP contribution < -0.4 is 0 Å². The lowest BCUT2D eigenvalue weighted by Crippen LogP contribution is -2.54. The largest absolute Gasteiger partial charge is 0.444 e. The van der Waals surface area contributed by atoms with Crippen LogP contribution in [0.25, 0.3) is 0 Å². The second-order valence-corrected chi connectivity index (χ2v) is 7.80. The average Bonchev–Trinajstić information content (AvgIpc) is 2.53. The van der Waals surface area contributed by atoms with Gasteiger partial charge in [0, 0.05) is 48.9 Å². The van der Waals surface area contributed by atoms with Crippen molar-refractivity contribution in [3.05, 3.63) is 35.7 Å². The zero-order chi connectivity index (χ0) is 20.1. The molecule has 0 aromatic heterocycles. The summed E-state index contributed by atoms with van der Waals surface area (Å²) in [4.78, 5) is 21.0. The summed E-state index contributed by atoms with van der Waals surface area (Å²) in [7, 11) is 0. The molecular weight excluding hydrogens is 326 g/mol. The highest BCUT2D eigenvalue weighted by Crippen LogP contribution is 2.23. The molecule has 26 heavy (non-hydrogen) atoms. The molecule has 1 unspecified atom stereocenters. The summed E-state index contributed by atoms with van der Waals surface area (Å²) >= 11 is 0. The Bertz CT molecular complexity index is 624. The molecule has 1 saturated heterocycles. The van der Waals surface area contributed by atoms with Crippen molar-refractivity contribution < 1.29 is 9.53 Å². The van der Waals surface area contributed by atoms with Crippen LogP contribution >= 0.6 is 0 Å². The molecule has 5 heteroatoms. The summed E-state index contributed by atoms with van der Waals surface area (Å²) in [5, 5.41) is 0. The monoisotopic (exact) mass is 361 g/mol. The van der Waals surface area contributed by atoms with Gasteiger partial charge in [0.05, 0.1) is 0 Å². The fraction of sp³-hybridized carbons (Fsp3) is 0.619. The van der Waals surface area contributed by atoms with Crippen molar-refractivity contribution in [2.45, 2.75) is 67.0 Å². The summed E-state index contributed by atoms with van der Waals surface area (Å²) < 4.78 is 5.53. The van der Waals surface area contributed by atoms with E-state index < -0.39 is 5.60 Å². The number of carbonyl (C=O) groups is 1. The maximum Gasteiger partial charge on any atom is 0.410 e. The molecule has 0 aromatic carbocycles. The van der Waals surface area contributed by atoms with Gasteiger partial charge in [0.1, 0.15) is 5.60 Å². The van der Waals surface area contributed by atoms with Crippen molar-refractivity contribution in [2.75, 3.05) is 19.6 Å². The van der Waals surface area contributed by atoms with Crippen LogP contribution in [-0.4, -0.2) is 52.9 Å². The number of hydrogen-bond acceptors (Lipinski definition) is 4. The smallest absolute Gasteiger partial charge is 0.410 e. The molecule has 0 N–H and O–H groups in total. The van der Waals surface area contributed by atoms with Crippen LogP contribution in [0.4, 0.5) is 4.79 Å². The van der Waals surface area contributed by atoms with E-state index in [2.05, 4.69) is 43.3 Å². The number of amides is 1. The van der Waals surface area contributed by atoms with Crippen LogP contribution in [0.5, 0.6) is 0 Å². The van der Waals surface area contributed by atoms with Crippen LogP contribution in [-0.2, 0) is 4.74 Å². The molecule has 1 rings (SSSR count). The zero-order valence-electron chi connectivity index (χ0n) is 17.7. The Labute approximate surface area is 159 Å². The Morgan fingerprint density at radius 3 is 2.31 bits per heavy atom. The van der Waals surface area contributed by atoms with Gasteiger partial charge >= 0.3 is 6.09 Å². The first-order chi connectivity index (χ1) is 12.0. The van der Waals surface area contributed by atoms with Crippen molar-refractivity contribution in [3.8, 4) is 0 Å². The van der Waals surface area contributed by atoms with E-state index in [1.165, 1.54) is 11.3 Å². The van der Waals surface area contributed by atoms with E-state index in [-0.39, 0.29) is 12.1 Å². The van der Waals surface area contributed by atoms with Gasteiger partial charge in [-0.3, -0.25) is 4.99 Å². The molecule has 1 heterocycles. The Morgan fingerprint density at radius 2 is 1.85 bits per heavy atom. The number of piperazine rings is 1. The minimum atomic E-state index is -0.474. The van der Waals surface area contributed by atoms with Crippen LogP contribution in [0.3, 0.4) is 0 Å². The lowest BCUT2D eigenvalue weighted by molar-refractivity contribution is 0.00494. The molecule has 1 atom stereocenters. The minimum absolute atomic E-state index is 0.0809. The maximum absolute atomic E-state index is 12.4. The lowest BCUT2D eigenvalue weighted by atomic mass is 9.99. The van der Waals surface area contributed by atoms with Gasteiger partial charge in [0.15, 0.2) is 0 Å². The van der Waals surface area contributed by atoms with E-state index in [0.29, 0.717) is 6.54 Å². The van der Waals surface area contributed by atoms with Gasteiger partial charge in [-0.1, -0.05) is 12.7 Å². The molecular formula is C21H35N3O2. The molecule has 1 amide bonds. The number of hydrogen-bond donors (Lipinski definition) is 0.